The quantitative estimate of drug-likeness (QED) is 0.849. The second-order valence-corrected chi connectivity index (χ2v) is 4.26. The molecule has 2 N–H and O–H groups in total. The Labute approximate surface area is 102 Å². The second kappa shape index (κ2) is 5.15. The Bertz CT molecular complexity index is 507. The predicted octanol–water partition coefficient (Wildman–Crippen LogP) is 2.73. The number of pyridine rings is 1. The molecule has 0 amide bonds. The number of nitrogens with zero attached hydrogens (tertiary/aromatic N) is 1. The van der Waals surface area contributed by atoms with Crippen LogP contribution in [0.25, 0.3) is 10.9 Å². The van der Waals surface area contributed by atoms with E-state index in [1.165, 1.54) is 5.56 Å². The van der Waals surface area contributed by atoms with Crippen molar-refractivity contribution in [1.82, 2.24) is 4.98 Å². The lowest BCUT2D eigenvalue weighted by Gasteiger charge is -2.17. The van der Waals surface area contributed by atoms with Crippen LogP contribution in [-0.4, -0.2) is 22.7 Å². The fourth-order valence-electron chi connectivity index (χ4n) is 1.95. The number of aliphatic hydroxyl groups is 1. The molecule has 90 valence electrons. The molecule has 3 nitrogen and oxygen atoms in total. The summed E-state index contributed by atoms with van der Waals surface area (Å²) in [6.07, 6.45) is 2.70. The van der Waals surface area contributed by atoms with E-state index in [4.69, 9.17) is 0 Å². The standard InChI is InChI=1S/C14H18N2O/c1-3-11(9-17)16-13-7-8-15-14-10(2)5-4-6-12(13)14/h4-8,11,17H,3,9H2,1-2H3,(H,15,16)/t11-/m1/s1. The van der Waals surface area contributed by atoms with Gasteiger partial charge >= 0.3 is 0 Å². The third kappa shape index (κ3) is 2.39. The molecule has 0 bridgehead atoms. The van der Waals surface area contributed by atoms with Gasteiger partial charge in [0.05, 0.1) is 12.1 Å². The summed E-state index contributed by atoms with van der Waals surface area (Å²) in [4.78, 5) is 4.40. The topological polar surface area (TPSA) is 45.1 Å². The molecular formula is C14H18N2O. The van der Waals surface area contributed by atoms with Crippen LogP contribution in [-0.2, 0) is 0 Å². The van der Waals surface area contributed by atoms with E-state index in [1.807, 2.05) is 18.3 Å². The molecule has 1 heterocycles. The first-order valence-corrected chi connectivity index (χ1v) is 5.98. The molecule has 0 aliphatic heterocycles. The minimum absolute atomic E-state index is 0.0983. The summed E-state index contributed by atoms with van der Waals surface area (Å²) >= 11 is 0. The molecule has 0 fully saturated rings. The predicted molar refractivity (Wildman–Crippen MR) is 71.3 cm³/mol. The van der Waals surface area contributed by atoms with Crippen LogP contribution < -0.4 is 5.32 Å². The van der Waals surface area contributed by atoms with Crippen LogP contribution in [0.3, 0.4) is 0 Å². The van der Waals surface area contributed by atoms with Crippen LogP contribution in [0.5, 0.6) is 0 Å². The molecule has 0 saturated carbocycles. The Hall–Kier alpha value is -1.61. The van der Waals surface area contributed by atoms with Crippen LogP contribution >= 0.6 is 0 Å². The Balaban J connectivity index is 2.44. The van der Waals surface area contributed by atoms with Crippen molar-refractivity contribution in [1.29, 1.82) is 0 Å². The van der Waals surface area contributed by atoms with Crippen LogP contribution in [0.4, 0.5) is 5.69 Å². The molecule has 1 aromatic carbocycles. The summed E-state index contributed by atoms with van der Waals surface area (Å²) in [5.74, 6) is 0. The van der Waals surface area contributed by atoms with Crippen molar-refractivity contribution in [2.75, 3.05) is 11.9 Å². The molecule has 0 spiro atoms. The zero-order chi connectivity index (χ0) is 12.3. The van der Waals surface area contributed by atoms with E-state index in [2.05, 4.69) is 36.3 Å². The normalized spacial score (nSPS) is 12.6. The van der Waals surface area contributed by atoms with Crippen molar-refractivity contribution in [3.8, 4) is 0 Å². The van der Waals surface area contributed by atoms with Crippen LogP contribution in [0.2, 0.25) is 0 Å². The average Bonchev–Trinajstić information content (AvgIpc) is 2.37. The molecular weight excluding hydrogens is 212 g/mol. The SMILES string of the molecule is CC[C@H](CO)Nc1ccnc2c(C)cccc12. The van der Waals surface area contributed by atoms with E-state index in [0.29, 0.717) is 0 Å². The number of benzene rings is 1. The number of hydrogen-bond donors (Lipinski definition) is 2. The van der Waals surface area contributed by atoms with E-state index < -0.39 is 0 Å². The maximum atomic E-state index is 9.24. The van der Waals surface area contributed by atoms with E-state index in [0.717, 1.165) is 23.0 Å². The van der Waals surface area contributed by atoms with Crippen molar-refractivity contribution in [3.05, 3.63) is 36.0 Å². The van der Waals surface area contributed by atoms with Crippen molar-refractivity contribution >= 4 is 16.6 Å². The van der Waals surface area contributed by atoms with E-state index in [1.54, 1.807) is 0 Å². The van der Waals surface area contributed by atoms with Crippen LogP contribution in [0.1, 0.15) is 18.9 Å². The smallest absolute Gasteiger partial charge is 0.0751 e. The number of fused-ring (bicyclic) bond motifs is 1. The molecule has 1 atom stereocenters. The van der Waals surface area contributed by atoms with Gasteiger partial charge in [0.25, 0.3) is 0 Å². The fraction of sp³-hybridized carbons (Fsp3) is 0.357. The first-order valence-electron chi connectivity index (χ1n) is 5.98. The first kappa shape index (κ1) is 11.9. The summed E-state index contributed by atoms with van der Waals surface area (Å²) in [6, 6.07) is 8.20. The molecule has 0 aliphatic rings. The molecule has 3 heteroatoms. The van der Waals surface area contributed by atoms with Crippen molar-refractivity contribution in [2.24, 2.45) is 0 Å². The molecule has 17 heavy (non-hydrogen) atoms. The minimum Gasteiger partial charge on any atom is -0.394 e. The summed E-state index contributed by atoms with van der Waals surface area (Å²) < 4.78 is 0. The number of aliphatic hydroxyl groups excluding tert-OH is 1. The van der Waals surface area contributed by atoms with E-state index in [-0.39, 0.29) is 12.6 Å². The number of rotatable bonds is 4. The minimum atomic E-state index is 0.0983. The largest absolute Gasteiger partial charge is 0.394 e. The number of aromatic nitrogens is 1. The number of anilines is 1. The van der Waals surface area contributed by atoms with Crippen LogP contribution in [0, 0.1) is 6.92 Å². The van der Waals surface area contributed by atoms with Crippen LogP contribution in [0.15, 0.2) is 30.5 Å². The zero-order valence-electron chi connectivity index (χ0n) is 10.3. The summed E-state index contributed by atoms with van der Waals surface area (Å²) in [6.45, 7) is 4.26. The highest BCUT2D eigenvalue weighted by atomic mass is 16.3. The Kier molecular flexibility index (Phi) is 3.59. The summed E-state index contributed by atoms with van der Waals surface area (Å²) in [5, 5.41) is 13.7. The second-order valence-electron chi connectivity index (χ2n) is 4.26. The van der Waals surface area contributed by atoms with Gasteiger partial charge in [-0.15, -0.1) is 0 Å². The monoisotopic (exact) mass is 230 g/mol. The molecule has 0 radical (unpaired) electrons. The Morgan fingerprint density at radius 3 is 2.88 bits per heavy atom. The lowest BCUT2D eigenvalue weighted by molar-refractivity contribution is 0.272. The average molecular weight is 230 g/mol. The number of para-hydroxylation sites is 1. The maximum Gasteiger partial charge on any atom is 0.0751 e. The van der Waals surface area contributed by atoms with Gasteiger partial charge in [0.1, 0.15) is 0 Å². The molecule has 0 aliphatic carbocycles. The van der Waals surface area contributed by atoms with Gasteiger partial charge < -0.3 is 10.4 Å². The fourth-order valence-corrected chi connectivity index (χ4v) is 1.95. The highest BCUT2D eigenvalue weighted by Crippen LogP contribution is 2.24. The third-order valence-corrected chi connectivity index (χ3v) is 3.05. The maximum absolute atomic E-state index is 9.24. The van der Waals surface area contributed by atoms with Gasteiger partial charge in [-0.05, 0) is 25.0 Å². The third-order valence-electron chi connectivity index (χ3n) is 3.05. The molecule has 2 aromatic rings. The van der Waals surface area contributed by atoms with E-state index in [9.17, 15) is 5.11 Å². The van der Waals surface area contributed by atoms with Crippen molar-refractivity contribution < 1.29 is 5.11 Å². The molecule has 1 aromatic heterocycles. The number of nitrogens with one attached hydrogen (secondary N) is 1. The lowest BCUT2D eigenvalue weighted by Crippen LogP contribution is -2.22. The number of hydrogen-bond acceptors (Lipinski definition) is 3. The molecule has 2 rings (SSSR count). The van der Waals surface area contributed by atoms with Crippen molar-refractivity contribution in [2.45, 2.75) is 26.3 Å². The van der Waals surface area contributed by atoms with Gasteiger partial charge in [-0.1, -0.05) is 25.1 Å². The lowest BCUT2D eigenvalue weighted by atomic mass is 10.1. The Morgan fingerprint density at radius 1 is 1.35 bits per heavy atom. The van der Waals surface area contributed by atoms with Gasteiger partial charge in [-0.3, -0.25) is 4.98 Å². The summed E-state index contributed by atoms with van der Waals surface area (Å²) in [7, 11) is 0. The highest BCUT2D eigenvalue weighted by Gasteiger charge is 2.08. The number of aryl methyl sites for hydroxylation is 1. The summed E-state index contributed by atoms with van der Waals surface area (Å²) in [5.41, 5.74) is 3.23. The first-order chi connectivity index (χ1) is 8.26. The zero-order valence-corrected chi connectivity index (χ0v) is 10.3. The van der Waals surface area contributed by atoms with E-state index >= 15 is 0 Å². The Morgan fingerprint density at radius 2 is 2.18 bits per heavy atom. The van der Waals surface area contributed by atoms with Gasteiger partial charge in [-0.2, -0.15) is 0 Å². The van der Waals surface area contributed by atoms with Crippen molar-refractivity contribution in [3.63, 3.8) is 0 Å². The van der Waals surface area contributed by atoms with Gasteiger partial charge in [-0.25, -0.2) is 0 Å². The highest BCUT2D eigenvalue weighted by molar-refractivity contribution is 5.92. The molecule has 0 saturated heterocycles. The van der Waals surface area contributed by atoms with Gasteiger partial charge in [0.2, 0.25) is 0 Å². The van der Waals surface area contributed by atoms with Gasteiger partial charge in [0.15, 0.2) is 0 Å². The van der Waals surface area contributed by atoms with Gasteiger partial charge in [0, 0.05) is 23.3 Å². The molecule has 0 unspecified atom stereocenters.